The molecule has 0 aliphatic heterocycles. The van der Waals surface area contributed by atoms with Gasteiger partial charge in [0.1, 0.15) is 5.75 Å². The van der Waals surface area contributed by atoms with Gasteiger partial charge in [-0.1, -0.05) is 24.6 Å². The quantitative estimate of drug-likeness (QED) is 0.889. The number of nitrogens with zero attached hydrogens (tertiary/aromatic N) is 1. The Balaban J connectivity index is 2.23. The van der Waals surface area contributed by atoms with Crippen molar-refractivity contribution in [2.24, 2.45) is 0 Å². The van der Waals surface area contributed by atoms with E-state index in [4.69, 9.17) is 4.74 Å². The standard InChI is InChI=1S/C16H20N2O/c1-4-14-9-13(11-17-3)10-16(18-14)19-15-7-5-12(2)6-8-15/h5-10,17H,4,11H2,1-3H3. The monoisotopic (exact) mass is 256 g/mol. The number of rotatable bonds is 5. The SMILES string of the molecule is CCc1cc(CNC)cc(Oc2ccc(C)cc2)n1. The lowest BCUT2D eigenvalue weighted by molar-refractivity contribution is 0.459. The first kappa shape index (κ1) is 13.6. The molecule has 0 spiro atoms. The molecular weight excluding hydrogens is 236 g/mol. The second-order valence-corrected chi connectivity index (χ2v) is 4.60. The Bertz CT molecular complexity index is 535. The van der Waals surface area contributed by atoms with Crippen molar-refractivity contribution in [3.05, 3.63) is 53.2 Å². The molecule has 0 unspecified atom stereocenters. The van der Waals surface area contributed by atoms with Crippen molar-refractivity contribution in [2.75, 3.05) is 7.05 Å². The van der Waals surface area contributed by atoms with Gasteiger partial charge in [0, 0.05) is 18.3 Å². The van der Waals surface area contributed by atoms with Crippen molar-refractivity contribution in [2.45, 2.75) is 26.8 Å². The van der Waals surface area contributed by atoms with Crippen LogP contribution in [-0.2, 0) is 13.0 Å². The number of aromatic nitrogens is 1. The van der Waals surface area contributed by atoms with E-state index in [-0.39, 0.29) is 0 Å². The van der Waals surface area contributed by atoms with E-state index in [1.807, 2.05) is 37.4 Å². The van der Waals surface area contributed by atoms with Gasteiger partial charge >= 0.3 is 0 Å². The maximum atomic E-state index is 5.82. The van der Waals surface area contributed by atoms with Gasteiger partial charge in [-0.15, -0.1) is 0 Å². The molecule has 0 bridgehead atoms. The third-order valence-corrected chi connectivity index (χ3v) is 2.90. The molecule has 1 heterocycles. The van der Waals surface area contributed by atoms with Gasteiger partial charge in [0.25, 0.3) is 0 Å². The van der Waals surface area contributed by atoms with Gasteiger partial charge in [0.15, 0.2) is 0 Å². The molecule has 0 amide bonds. The minimum Gasteiger partial charge on any atom is -0.439 e. The zero-order valence-electron chi connectivity index (χ0n) is 11.7. The summed E-state index contributed by atoms with van der Waals surface area (Å²) in [6.07, 6.45) is 0.905. The molecule has 0 saturated heterocycles. The number of benzene rings is 1. The lowest BCUT2D eigenvalue weighted by Gasteiger charge is -2.09. The molecule has 1 aromatic carbocycles. The summed E-state index contributed by atoms with van der Waals surface area (Å²) >= 11 is 0. The molecule has 2 rings (SSSR count). The predicted molar refractivity (Wildman–Crippen MR) is 77.6 cm³/mol. The molecule has 3 nitrogen and oxygen atoms in total. The molecule has 19 heavy (non-hydrogen) atoms. The van der Waals surface area contributed by atoms with Gasteiger partial charge in [-0.25, -0.2) is 4.98 Å². The summed E-state index contributed by atoms with van der Waals surface area (Å²) in [6.45, 7) is 4.98. The van der Waals surface area contributed by atoms with Crippen LogP contribution >= 0.6 is 0 Å². The Kier molecular flexibility index (Phi) is 4.53. The molecule has 0 saturated carbocycles. The third kappa shape index (κ3) is 3.80. The number of hydrogen-bond donors (Lipinski definition) is 1. The second kappa shape index (κ2) is 6.34. The van der Waals surface area contributed by atoms with Crippen LogP contribution in [0, 0.1) is 6.92 Å². The van der Waals surface area contributed by atoms with Gasteiger partial charge < -0.3 is 10.1 Å². The number of ether oxygens (including phenoxy) is 1. The van der Waals surface area contributed by atoms with Crippen LogP contribution in [-0.4, -0.2) is 12.0 Å². The fourth-order valence-corrected chi connectivity index (χ4v) is 1.89. The number of hydrogen-bond acceptors (Lipinski definition) is 3. The Morgan fingerprint density at radius 2 is 1.89 bits per heavy atom. The first-order chi connectivity index (χ1) is 9.21. The zero-order chi connectivity index (χ0) is 13.7. The first-order valence-corrected chi connectivity index (χ1v) is 6.60. The summed E-state index contributed by atoms with van der Waals surface area (Å²) in [4.78, 5) is 4.50. The Morgan fingerprint density at radius 1 is 1.16 bits per heavy atom. The summed E-state index contributed by atoms with van der Waals surface area (Å²) in [5.41, 5.74) is 3.46. The number of aryl methyl sites for hydroxylation is 2. The molecule has 0 aliphatic carbocycles. The molecule has 2 aromatic rings. The highest BCUT2D eigenvalue weighted by Crippen LogP contribution is 2.21. The normalized spacial score (nSPS) is 10.5. The van der Waals surface area contributed by atoms with Crippen LogP contribution in [0.25, 0.3) is 0 Å². The topological polar surface area (TPSA) is 34.1 Å². The predicted octanol–water partition coefficient (Wildman–Crippen LogP) is 3.46. The average Bonchev–Trinajstić information content (AvgIpc) is 2.41. The van der Waals surface area contributed by atoms with Crippen molar-refractivity contribution in [1.29, 1.82) is 0 Å². The van der Waals surface area contributed by atoms with Crippen LogP contribution in [0.3, 0.4) is 0 Å². The molecule has 3 heteroatoms. The van der Waals surface area contributed by atoms with Gasteiger partial charge in [-0.2, -0.15) is 0 Å². The van der Waals surface area contributed by atoms with Gasteiger partial charge in [0.05, 0.1) is 0 Å². The second-order valence-electron chi connectivity index (χ2n) is 4.60. The molecule has 100 valence electrons. The molecule has 1 N–H and O–H groups in total. The van der Waals surface area contributed by atoms with Crippen LogP contribution in [0.2, 0.25) is 0 Å². The van der Waals surface area contributed by atoms with Crippen LogP contribution in [0.1, 0.15) is 23.7 Å². The lowest BCUT2D eigenvalue weighted by Crippen LogP contribution is -2.06. The molecule has 0 atom stereocenters. The maximum absolute atomic E-state index is 5.82. The minimum absolute atomic E-state index is 0.661. The largest absolute Gasteiger partial charge is 0.439 e. The Morgan fingerprint density at radius 3 is 2.53 bits per heavy atom. The Hall–Kier alpha value is -1.87. The van der Waals surface area contributed by atoms with E-state index in [1.54, 1.807) is 0 Å². The van der Waals surface area contributed by atoms with E-state index >= 15 is 0 Å². The summed E-state index contributed by atoms with van der Waals surface area (Å²) < 4.78 is 5.82. The summed E-state index contributed by atoms with van der Waals surface area (Å²) in [5, 5.41) is 3.15. The molecule has 0 radical (unpaired) electrons. The highest BCUT2D eigenvalue weighted by Gasteiger charge is 2.04. The van der Waals surface area contributed by atoms with Crippen LogP contribution in [0.5, 0.6) is 11.6 Å². The molecule has 0 fully saturated rings. The van der Waals surface area contributed by atoms with E-state index in [9.17, 15) is 0 Å². The number of nitrogens with one attached hydrogen (secondary N) is 1. The first-order valence-electron chi connectivity index (χ1n) is 6.60. The van der Waals surface area contributed by atoms with Crippen molar-refractivity contribution in [3.63, 3.8) is 0 Å². The van der Waals surface area contributed by atoms with E-state index < -0.39 is 0 Å². The summed E-state index contributed by atoms with van der Waals surface area (Å²) in [6, 6.07) is 12.1. The zero-order valence-corrected chi connectivity index (χ0v) is 11.7. The van der Waals surface area contributed by atoms with Gasteiger partial charge in [-0.3, -0.25) is 0 Å². The highest BCUT2D eigenvalue weighted by molar-refractivity contribution is 5.32. The molecular formula is C16H20N2O. The highest BCUT2D eigenvalue weighted by atomic mass is 16.5. The summed E-state index contributed by atoms with van der Waals surface area (Å²) in [7, 11) is 1.94. The van der Waals surface area contributed by atoms with E-state index in [1.165, 1.54) is 11.1 Å². The molecule has 0 aliphatic rings. The smallest absolute Gasteiger partial charge is 0.219 e. The van der Waals surface area contributed by atoms with Crippen molar-refractivity contribution < 1.29 is 4.74 Å². The Labute approximate surface area is 114 Å². The van der Waals surface area contributed by atoms with Gasteiger partial charge in [-0.05, 0) is 44.2 Å². The van der Waals surface area contributed by atoms with Crippen molar-refractivity contribution in [3.8, 4) is 11.6 Å². The third-order valence-electron chi connectivity index (χ3n) is 2.90. The van der Waals surface area contributed by atoms with Crippen LogP contribution in [0.15, 0.2) is 36.4 Å². The fourth-order valence-electron chi connectivity index (χ4n) is 1.89. The fraction of sp³-hybridized carbons (Fsp3) is 0.312. The van der Waals surface area contributed by atoms with E-state index in [0.29, 0.717) is 5.88 Å². The van der Waals surface area contributed by atoms with Crippen LogP contribution in [0.4, 0.5) is 0 Å². The minimum atomic E-state index is 0.661. The van der Waals surface area contributed by atoms with E-state index in [2.05, 4.69) is 30.2 Å². The lowest BCUT2D eigenvalue weighted by atomic mass is 10.2. The molecule has 1 aromatic heterocycles. The van der Waals surface area contributed by atoms with E-state index in [0.717, 1.165) is 24.4 Å². The van der Waals surface area contributed by atoms with Gasteiger partial charge in [0.2, 0.25) is 5.88 Å². The van der Waals surface area contributed by atoms with Crippen LogP contribution < -0.4 is 10.1 Å². The number of pyridine rings is 1. The van der Waals surface area contributed by atoms with Crippen molar-refractivity contribution in [1.82, 2.24) is 10.3 Å². The maximum Gasteiger partial charge on any atom is 0.219 e. The average molecular weight is 256 g/mol. The van der Waals surface area contributed by atoms with Crippen molar-refractivity contribution >= 4 is 0 Å². The summed E-state index contributed by atoms with van der Waals surface area (Å²) in [5.74, 6) is 1.48.